The Morgan fingerprint density at radius 1 is 1.03 bits per heavy atom. The van der Waals surface area contributed by atoms with Crippen LogP contribution in [0.5, 0.6) is 11.5 Å². The van der Waals surface area contributed by atoms with E-state index in [1.807, 2.05) is 23.0 Å². The summed E-state index contributed by atoms with van der Waals surface area (Å²) in [6.45, 7) is 6.95. The maximum absolute atomic E-state index is 9.71. The average molecular weight is 451 g/mol. The summed E-state index contributed by atoms with van der Waals surface area (Å²) in [5, 5.41) is 14.0. The largest absolute Gasteiger partial charge is 0.497 e. The minimum atomic E-state index is 0.189. The van der Waals surface area contributed by atoms with E-state index in [1.54, 1.807) is 20.4 Å². The summed E-state index contributed by atoms with van der Waals surface area (Å²) in [6.07, 6.45) is 4.52. The molecule has 0 amide bonds. The lowest BCUT2D eigenvalue weighted by atomic mass is 10.0. The van der Waals surface area contributed by atoms with E-state index in [-0.39, 0.29) is 6.61 Å². The first-order valence-electron chi connectivity index (χ1n) is 11.5. The van der Waals surface area contributed by atoms with Gasteiger partial charge in [-0.3, -0.25) is 9.80 Å². The van der Waals surface area contributed by atoms with E-state index in [0.717, 1.165) is 61.9 Å². The van der Waals surface area contributed by atoms with Crippen LogP contribution in [0.4, 0.5) is 0 Å². The van der Waals surface area contributed by atoms with Gasteiger partial charge >= 0.3 is 0 Å². The highest BCUT2D eigenvalue weighted by molar-refractivity contribution is 5.40. The molecule has 33 heavy (non-hydrogen) atoms. The van der Waals surface area contributed by atoms with E-state index in [2.05, 4.69) is 52.2 Å². The smallest absolute Gasteiger partial charge is 0.122 e. The number of aromatic nitrogens is 2. The molecule has 1 saturated heterocycles. The van der Waals surface area contributed by atoms with Crippen LogP contribution in [0.3, 0.4) is 0 Å². The van der Waals surface area contributed by atoms with Crippen molar-refractivity contribution in [3.8, 4) is 17.2 Å². The van der Waals surface area contributed by atoms with E-state index in [1.165, 1.54) is 11.1 Å². The quantitative estimate of drug-likeness (QED) is 0.540. The summed E-state index contributed by atoms with van der Waals surface area (Å²) in [4.78, 5) is 4.97. The molecule has 1 aliphatic rings. The predicted octanol–water partition coefficient (Wildman–Crippen LogP) is 3.27. The topological polar surface area (TPSA) is 63.0 Å². The second-order valence-corrected chi connectivity index (χ2v) is 8.65. The maximum atomic E-state index is 9.71. The lowest BCUT2D eigenvalue weighted by Gasteiger charge is -2.41. The molecular formula is C26H34N4O3. The Kier molecular flexibility index (Phi) is 7.65. The van der Waals surface area contributed by atoms with Gasteiger partial charge in [-0.25, -0.2) is 4.68 Å². The Morgan fingerprint density at radius 3 is 2.45 bits per heavy atom. The van der Waals surface area contributed by atoms with Gasteiger partial charge in [0.2, 0.25) is 0 Å². The van der Waals surface area contributed by atoms with Crippen LogP contribution < -0.4 is 9.47 Å². The molecule has 1 N–H and O–H groups in total. The minimum absolute atomic E-state index is 0.189. The molecule has 2 aromatic carbocycles. The van der Waals surface area contributed by atoms with Crippen LogP contribution in [0.25, 0.3) is 5.69 Å². The number of nitrogens with zero attached hydrogens (tertiary/aromatic N) is 4. The summed E-state index contributed by atoms with van der Waals surface area (Å²) in [6, 6.07) is 14.8. The molecule has 1 aromatic heterocycles. The van der Waals surface area contributed by atoms with Gasteiger partial charge < -0.3 is 14.6 Å². The van der Waals surface area contributed by atoms with Gasteiger partial charge in [-0.2, -0.15) is 5.10 Å². The number of rotatable bonds is 9. The molecule has 0 radical (unpaired) electrons. The van der Waals surface area contributed by atoms with Crippen molar-refractivity contribution in [3.63, 3.8) is 0 Å². The van der Waals surface area contributed by atoms with Gasteiger partial charge in [0.25, 0.3) is 0 Å². The van der Waals surface area contributed by atoms with E-state index < -0.39 is 0 Å². The standard InChI is InChI=1S/C26H34N4O3/c1-20-13-23(30-9-4-8-27-30)6-5-22(20)18-28-10-11-29(24(19-28)7-12-31)17-21-14-25(32-2)16-26(15-21)33-3/h4-6,8-9,13-16,24,31H,7,10-12,17-19H2,1-3H3/t24-/m0/s1. The van der Waals surface area contributed by atoms with E-state index in [4.69, 9.17) is 9.47 Å². The molecule has 176 valence electrons. The first kappa shape index (κ1) is 23.3. The van der Waals surface area contributed by atoms with Crippen molar-refractivity contribution in [1.82, 2.24) is 19.6 Å². The molecule has 7 heteroatoms. The summed E-state index contributed by atoms with van der Waals surface area (Å²) in [7, 11) is 3.35. The molecule has 1 fully saturated rings. The first-order valence-corrected chi connectivity index (χ1v) is 11.5. The molecule has 0 aliphatic carbocycles. The van der Waals surface area contributed by atoms with Crippen LogP contribution in [-0.2, 0) is 13.1 Å². The zero-order valence-corrected chi connectivity index (χ0v) is 19.8. The van der Waals surface area contributed by atoms with E-state index >= 15 is 0 Å². The van der Waals surface area contributed by atoms with Gasteiger partial charge in [0.1, 0.15) is 11.5 Å². The number of benzene rings is 2. The zero-order valence-electron chi connectivity index (χ0n) is 19.8. The monoisotopic (exact) mass is 450 g/mol. The molecule has 2 heterocycles. The van der Waals surface area contributed by atoms with Gasteiger partial charge in [-0.05, 0) is 60.4 Å². The SMILES string of the molecule is COc1cc(CN2CCN(Cc3ccc(-n4cccn4)cc3C)C[C@@H]2CCO)cc(OC)c1. The van der Waals surface area contributed by atoms with Crippen molar-refractivity contribution in [2.24, 2.45) is 0 Å². The second-order valence-electron chi connectivity index (χ2n) is 8.65. The molecule has 1 atom stereocenters. The number of ether oxygens (including phenoxy) is 2. The van der Waals surface area contributed by atoms with Crippen LogP contribution in [0.15, 0.2) is 54.9 Å². The van der Waals surface area contributed by atoms with Crippen LogP contribution in [-0.4, -0.2) is 71.2 Å². The normalized spacial score (nSPS) is 17.3. The lowest BCUT2D eigenvalue weighted by Crippen LogP contribution is -2.52. The van der Waals surface area contributed by atoms with Crippen molar-refractivity contribution >= 4 is 0 Å². The molecule has 0 saturated carbocycles. The molecule has 1 aliphatic heterocycles. The summed E-state index contributed by atoms with van der Waals surface area (Å²) in [5.41, 5.74) is 4.85. The van der Waals surface area contributed by atoms with Crippen molar-refractivity contribution in [2.45, 2.75) is 32.5 Å². The van der Waals surface area contributed by atoms with Crippen molar-refractivity contribution in [2.75, 3.05) is 40.5 Å². The van der Waals surface area contributed by atoms with Crippen LogP contribution >= 0.6 is 0 Å². The second kappa shape index (κ2) is 10.8. The van der Waals surface area contributed by atoms with Crippen LogP contribution in [0.2, 0.25) is 0 Å². The summed E-state index contributed by atoms with van der Waals surface area (Å²) >= 11 is 0. The lowest BCUT2D eigenvalue weighted by molar-refractivity contribution is 0.0498. The first-order chi connectivity index (χ1) is 16.1. The Morgan fingerprint density at radius 2 is 1.82 bits per heavy atom. The van der Waals surface area contributed by atoms with E-state index in [0.29, 0.717) is 6.04 Å². The Hall–Kier alpha value is -2.87. The molecular weight excluding hydrogens is 416 g/mol. The Balaban J connectivity index is 1.43. The van der Waals surface area contributed by atoms with Crippen molar-refractivity contribution in [3.05, 3.63) is 71.5 Å². The molecule has 0 unspecified atom stereocenters. The van der Waals surface area contributed by atoms with Gasteiger partial charge in [-0.15, -0.1) is 0 Å². The molecule has 0 bridgehead atoms. The summed E-state index contributed by atoms with van der Waals surface area (Å²) in [5.74, 6) is 1.60. The van der Waals surface area contributed by atoms with Crippen LogP contribution in [0, 0.1) is 6.92 Å². The number of aryl methyl sites for hydroxylation is 1. The fourth-order valence-corrected chi connectivity index (χ4v) is 4.59. The highest BCUT2D eigenvalue weighted by Gasteiger charge is 2.27. The molecule has 0 spiro atoms. The number of methoxy groups -OCH3 is 2. The van der Waals surface area contributed by atoms with Gasteiger partial charge in [0.05, 0.1) is 19.9 Å². The van der Waals surface area contributed by atoms with Gasteiger partial charge in [0.15, 0.2) is 0 Å². The average Bonchev–Trinajstić information content (AvgIpc) is 3.37. The molecule has 3 aromatic rings. The van der Waals surface area contributed by atoms with Gasteiger partial charge in [-0.1, -0.05) is 6.07 Å². The Labute approximate surface area is 196 Å². The van der Waals surface area contributed by atoms with Gasteiger partial charge in [0, 0.05) is 63.8 Å². The van der Waals surface area contributed by atoms with Crippen molar-refractivity contribution < 1.29 is 14.6 Å². The molecule has 7 nitrogen and oxygen atoms in total. The Bertz CT molecular complexity index is 1020. The fraction of sp³-hybridized carbons (Fsp3) is 0.423. The number of hydrogen-bond acceptors (Lipinski definition) is 6. The predicted molar refractivity (Wildman–Crippen MR) is 129 cm³/mol. The fourth-order valence-electron chi connectivity index (χ4n) is 4.59. The summed E-state index contributed by atoms with van der Waals surface area (Å²) < 4.78 is 12.8. The van der Waals surface area contributed by atoms with Crippen LogP contribution in [0.1, 0.15) is 23.1 Å². The zero-order chi connectivity index (χ0) is 23.2. The highest BCUT2D eigenvalue weighted by atomic mass is 16.5. The third-order valence-corrected chi connectivity index (χ3v) is 6.44. The highest BCUT2D eigenvalue weighted by Crippen LogP contribution is 2.26. The maximum Gasteiger partial charge on any atom is 0.122 e. The third-order valence-electron chi connectivity index (χ3n) is 6.44. The number of piperazine rings is 1. The minimum Gasteiger partial charge on any atom is -0.497 e. The van der Waals surface area contributed by atoms with Crippen molar-refractivity contribution in [1.29, 1.82) is 0 Å². The van der Waals surface area contributed by atoms with E-state index in [9.17, 15) is 5.11 Å². The third kappa shape index (κ3) is 5.74. The molecule has 4 rings (SSSR count). The number of aliphatic hydroxyl groups excluding tert-OH is 1. The number of hydrogen-bond donors (Lipinski definition) is 1. The number of aliphatic hydroxyl groups is 1.